The molecule has 588 valence electrons. The topological polar surface area (TPSA) is 290 Å². The number of nitrogens with zero attached hydrogens (tertiary/aromatic N) is 6. The maximum atomic E-state index is 14.5. The van der Waals surface area contributed by atoms with Crippen LogP contribution in [-0.4, -0.2) is 146 Å². The quantitative estimate of drug-likeness (QED) is 0.0851. The van der Waals surface area contributed by atoms with Crippen molar-refractivity contribution >= 4 is 99.7 Å². The number of fused-ring (bicyclic) bond motifs is 6. The number of methoxy groups -OCH3 is 2. The van der Waals surface area contributed by atoms with Crippen LogP contribution in [-0.2, 0) is 48.8 Å². The number of benzene rings is 2. The predicted octanol–water partition coefficient (Wildman–Crippen LogP) is 14.5. The number of ketones is 2. The zero-order chi connectivity index (χ0) is 77.0. The summed E-state index contributed by atoms with van der Waals surface area (Å²) in [5.74, 6) is -1.27. The van der Waals surface area contributed by atoms with E-state index in [1.54, 1.807) is 60.8 Å². The third-order valence-corrected chi connectivity index (χ3v) is 31.2. The molecule has 0 saturated heterocycles. The smallest absolute Gasteiger partial charge is 0.240 e. The number of aromatic nitrogens is 4. The fourth-order valence-corrected chi connectivity index (χ4v) is 23.1. The average molecular weight is 1580 g/mol. The lowest BCUT2D eigenvalue weighted by Crippen LogP contribution is -2.42. The third-order valence-electron chi connectivity index (χ3n) is 25.6. The molecule has 22 nitrogen and oxygen atoms in total. The van der Waals surface area contributed by atoms with Crippen LogP contribution in [0.5, 0.6) is 23.0 Å². The van der Waals surface area contributed by atoms with E-state index in [0.29, 0.717) is 124 Å². The van der Waals surface area contributed by atoms with Crippen molar-refractivity contribution in [3.05, 3.63) is 92.6 Å². The number of ether oxygens (including phenoxy) is 4. The largest absolute Gasteiger partial charge is 0.496 e. The van der Waals surface area contributed by atoms with Gasteiger partial charge in [-0.3, -0.25) is 38.2 Å². The number of thiazole rings is 2. The normalized spacial score (nSPS) is 28.6. The summed E-state index contributed by atoms with van der Waals surface area (Å²) in [6, 6.07) is 11.6. The highest BCUT2D eigenvalue weighted by molar-refractivity contribution is 7.91. The highest BCUT2D eigenvalue weighted by Crippen LogP contribution is 2.60. The second-order valence-corrected chi connectivity index (χ2v) is 38.9. The van der Waals surface area contributed by atoms with Crippen molar-refractivity contribution in [1.82, 2.24) is 39.2 Å². The number of carbonyl (C=O) groups excluding carboxylic acids is 6. The van der Waals surface area contributed by atoms with Crippen LogP contribution in [0.25, 0.3) is 44.6 Å². The summed E-state index contributed by atoms with van der Waals surface area (Å²) in [4.78, 5) is 108. The number of rotatable bonds is 16. The Balaban J connectivity index is 0.000000175. The van der Waals surface area contributed by atoms with Crippen molar-refractivity contribution < 1.29 is 64.6 Å². The van der Waals surface area contributed by atoms with Crippen LogP contribution in [0, 0.1) is 60.2 Å². The van der Waals surface area contributed by atoms with E-state index in [2.05, 4.69) is 20.2 Å². The van der Waals surface area contributed by atoms with Gasteiger partial charge in [-0.2, -0.15) is 0 Å². The number of pyridine rings is 2. The van der Waals surface area contributed by atoms with Gasteiger partial charge in [0, 0.05) is 108 Å². The Bertz CT molecular complexity index is 4540. The number of hydrogen-bond acceptors (Lipinski definition) is 20. The molecule has 10 aliphatic rings. The molecule has 2 unspecified atom stereocenters. The van der Waals surface area contributed by atoms with Crippen LogP contribution < -0.4 is 28.4 Å². The molecule has 0 radical (unpaired) electrons. The van der Waals surface area contributed by atoms with Crippen molar-refractivity contribution in [2.24, 2.45) is 46.3 Å². The Kier molecular flexibility index (Phi) is 22.6. The van der Waals surface area contributed by atoms with Gasteiger partial charge in [-0.15, -0.1) is 22.7 Å². The van der Waals surface area contributed by atoms with Crippen molar-refractivity contribution in [1.29, 1.82) is 0 Å². The van der Waals surface area contributed by atoms with Crippen LogP contribution in [0.3, 0.4) is 0 Å². The van der Waals surface area contributed by atoms with Crippen molar-refractivity contribution in [2.75, 3.05) is 41.4 Å². The van der Waals surface area contributed by atoms with Crippen LogP contribution in [0.2, 0.25) is 0 Å². The molecular weight excluding hydrogens is 1470 g/mol. The maximum absolute atomic E-state index is 14.5. The van der Waals surface area contributed by atoms with E-state index in [1.165, 1.54) is 38.5 Å². The molecular formula is C84H104N8O14S4. The van der Waals surface area contributed by atoms with Gasteiger partial charge in [0.2, 0.25) is 43.7 Å². The lowest BCUT2D eigenvalue weighted by Gasteiger charge is -2.26. The summed E-state index contributed by atoms with van der Waals surface area (Å²) in [6.07, 6.45) is 28.1. The molecule has 0 spiro atoms. The Morgan fingerprint density at radius 3 is 1.26 bits per heavy atom. The zero-order valence-electron chi connectivity index (χ0n) is 64.1. The van der Waals surface area contributed by atoms with Crippen molar-refractivity contribution in [2.45, 2.75) is 228 Å². The molecule has 8 saturated carbocycles. The number of allylic oxidation sites excluding steroid dienone is 4. The molecule has 16 rings (SSSR count). The van der Waals surface area contributed by atoms with Gasteiger partial charge >= 0.3 is 0 Å². The zero-order valence-corrected chi connectivity index (χ0v) is 67.4. The molecule has 6 aromatic rings. The molecule has 110 heavy (non-hydrogen) atoms. The molecule has 2 aromatic carbocycles. The fraction of sp³-hybridized carbons (Fsp3) is 0.595. The molecule has 4 amide bonds. The third kappa shape index (κ3) is 16.3. The first-order valence-electron chi connectivity index (χ1n) is 40.2. The van der Waals surface area contributed by atoms with E-state index in [-0.39, 0.29) is 48.1 Å². The van der Waals surface area contributed by atoms with Gasteiger partial charge in [0.15, 0.2) is 0 Å². The highest BCUT2D eigenvalue weighted by atomic mass is 32.2. The standard InChI is InChI=1S/2C42H52N4O7S2/c2*1-25-36(52-3)17-16-30-37(21-33(43-38(25)30)34-24-54-39(44-34)26-11-7-6-8-12-26)53-28-19-31-32(20-28)40(48)46(2)18-10-5-4-9-13-27-22-42(27,23-35(31)47)41(49)45-55(50,51)29-14-15-29/h2*9,13,16-17,21,24,26-29,31-32H,4-8,10-12,14-15,18-20,22-23H2,1-3H3,(H,45,49)/b2*13-9-/t27-,28+,31+,32?,42+;27-,28-,31-,32?,42-/m01/s1. The van der Waals surface area contributed by atoms with Gasteiger partial charge in [0.1, 0.15) is 46.8 Å². The Morgan fingerprint density at radius 1 is 0.491 bits per heavy atom. The summed E-state index contributed by atoms with van der Waals surface area (Å²) in [6.45, 7) is 5.12. The van der Waals surface area contributed by atoms with E-state index < -0.39 is 89.1 Å². The molecule has 8 fully saturated rings. The van der Waals surface area contributed by atoms with Gasteiger partial charge in [-0.25, -0.2) is 36.8 Å². The first-order chi connectivity index (χ1) is 52.9. The number of nitrogens with one attached hydrogen (secondary N) is 2. The Hall–Kier alpha value is -7.68. The van der Waals surface area contributed by atoms with E-state index >= 15 is 0 Å². The Labute approximate surface area is 653 Å². The monoisotopic (exact) mass is 1580 g/mol. The molecule has 10 atom stereocenters. The van der Waals surface area contributed by atoms with Gasteiger partial charge in [-0.1, -0.05) is 62.8 Å². The van der Waals surface area contributed by atoms with E-state index in [9.17, 15) is 45.6 Å². The SMILES string of the molecule is COc1ccc2c(O[C@H]3CC4C(=O)N(C)CCCC/C=C\[C@@H]5C[C@@]5(C(=O)NS(=O)(=O)C5CC5)CC(=O)[C@@H]4C3)cc(-c3csc(C4CCCCC4)n3)nc2c1C.COc1ccc2c(O[C@H]3CC4C(=O)N(C)CCCC/C=C\[C@H]5C[C@@]5(C(=O)NS(=O)(=O)C5CC5)CC(=O)[C@@H]4C3)cc(-c3csc(C4CCCCC4)n3)nc2c1C. The molecule has 2 aliphatic heterocycles. The lowest BCUT2D eigenvalue weighted by molar-refractivity contribution is -0.140. The molecule has 4 aromatic heterocycles. The second kappa shape index (κ2) is 32.1. The molecule has 26 heteroatoms. The number of Topliss-reactive ketones (excluding diaryl/α,β-unsaturated/α-hetero) is 2. The minimum atomic E-state index is -3.79. The lowest BCUT2D eigenvalue weighted by atomic mass is 9.84. The van der Waals surface area contributed by atoms with Crippen molar-refractivity contribution in [3.8, 4) is 45.8 Å². The van der Waals surface area contributed by atoms with Crippen LogP contribution in [0.15, 0.2) is 71.5 Å². The highest BCUT2D eigenvalue weighted by Gasteiger charge is 2.63. The summed E-state index contributed by atoms with van der Waals surface area (Å²) in [5, 5.41) is 6.94. The fourth-order valence-electron chi connectivity index (χ4n) is 18.4. The molecule has 0 bridgehead atoms. The number of aryl methyl sites for hydroxylation is 2. The van der Waals surface area contributed by atoms with Gasteiger partial charge < -0.3 is 28.7 Å². The van der Waals surface area contributed by atoms with E-state index in [1.807, 2.05) is 74.5 Å². The second-order valence-electron chi connectivity index (χ2n) is 33.2. The summed E-state index contributed by atoms with van der Waals surface area (Å²) in [7, 11) is -0.711. The first kappa shape index (κ1) is 77.6. The predicted molar refractivity (Wildman–Crippen MR) is 423 cm³/mol. The van der Waals surface area contributed by atoms with E-state index in [4.69, 9.17) is 38.9 Å². The van der Waals surface area contributed by atoms with Gasteiger partial charge in [-0.05, 0) is 178 Å². The minimum absolute atomic E-state index is 0.0993. The summed E-state index contributed by atoms with van der Waals surface area (Å²) < 4.78 is 81.2. The molecule has 6 heterocycles. The van der Waals surface area contributed by atoms with Crippen LogP contribution in [0.1, 0.15) is 213 Å². The first-order valence-corrected chi connectivity index (χ1v) is 45.0. The average Bonchev–Trinajstić information content (AvgIpc) is 1.57. The van der Waals surface area contributed by atoms with Crippen LogP contribution in [0.4, 0.5) is 0 Å². The molecule has 2 N–H and O–H groups in total. The Morgan fingerprint density at radius 2 is 0.882 bits per heavy atom. The van der Waals surface area contributed by atoms with Gasteiger partial charge in [0.25, 0.3) is 0 Å². The minimum Gasteiger partial charge on any atom is -0.496 e. The van der Waals surface area contributed by atoms with Gasteiger partial charge in [0.05, 0.1) is 91.2 Å². The molecule has 8 aliphatic carbocycles. The van der Waals surface area contributed by atoms with Crippen molar-refractivity contribution in [3.63, 3.8) is 0 Å². The van der Waals surface area contributed by atoms with E-state index in [0.717, 1.165) is 119 Å². The maximum Gasteiger partial charge on any atom is 0.240 e. The number of hydrogen-bond donors (Lipinski definition) is 2. The summed E-state index contributed by atoms with van der Waals surface area (Å²) >= 11 is 3.37. The number of sulfonamides is 2. The van der Waals surface area contributed by atoms with Crippen LogP contribution >= 0.6 is 22.7 Å². The number of carbonyl (C=O) groups is 6. The number of amides is 4. The summed E-state index contributed by atoms with van der Waals surface area (Å²) in [5.41, 5.74) is 3.93.